The van der Waals surface area contributed by atoms with Gasteiger partial charge in [-0.25, -0.2) is 17.2 Å². The van der Waals surface area contributed by atoms with E-state index in [1.165, 1.54) is 18.2 Å². The van der Waals surface area contributed by atoms with Gasteiger partial charge in [-0.1, -0.05) is 11.6 Å². The molecule has 33 heavy (non-hydrogen) atoms. The minimum absolute atomic E-state index is 0.00708. The van der Waals surface area contributed by atoms with Gasteiger partial charge in [0.2, 0.25) is 0 Å². The lowest BCUT2D eigenvalue weighted by atomic mass is 9.52. The van der Waals surface area contributed by atoms with Crippen LogP contribution in [-0.2, 0) is 9.84 Å². The molecule has 2 unspecified atom stereocenters. The second-order valence-corrected chi connectivity index (χ2v) is 11.2. The molecule has 2 bridgehead atoms. The third kappa shape index (κ3) is 4.04. The van der Waals surface area contributed by atoms with Crippen LogP contribution >= 0.6 is 11.6 Å². The molecule has 0 saturated heterocycles. The molecule has 2 aromatic rings. The van der Waals surface area contributed by atoms with E-state index in [9.17, 15) is 37.3 Å². The molecule has 3 saturated carbocycles. The van der Waals surface area contributed by atoms with E-state index < -0.39 is 62.8 Å². The number of carbonyl (C=O) groups is 1. The van der Waals surface area contributed by atoms with Crippen molar-refractivity contribution in [3.8, 4) is 0 Å². The van der Waals surface area contributed by atoms with E-state index in [0.717, 1.165) is 18.2 Å². The second-order valence-electron chi connectivity index (χ2n) is 8.58. The third-order valence-corrected chi connectivity index (χ3v) is 9.45. The van der Waals surface area contributed by atoms with Crippen molar-refractivity contribution >= 4 is 33.0 Å². The Morgan fingerprint density at radius 3 is 2.39 bits per heavy atom. The summed E-state index contributed by atoms with van der Waals surface area (Å²) in [7, 11) is -4.00. The van der Waals surface area contributed by atoms with Crippen LogP contribution in [0.4, 0.5) is 14.5 Å². The zero-order chi connectivity index (χ0) is 24.1. The largest absolute Gasteiger partial charge is 0.394 e. The fourth-order valence-electron chi connectivity index (χ4n) is 4.96. The fraction of sp³-hybridized carbons (Fsp3) is 0.409. The standard InChI is InChI=1S/C22H22ClF2NO6S/c23-16-3-1-11(21(29)26-14-2-4-17(24)18(25)9-14)5-19(16)33(31,32)15-7-12-6-13(8-15)22(12,30)20(28)10-27/h1-5,9,12-13,15,20,27-28,30H,6-8,10H2,(H,26,29)/t12?,13?,15-,20-,22-/m1/s1. The maximum Gasteiger partial charge on any atom is 0.255 e. The number of benzene rings is 2. The summed E-state index contributed by atoms with van der Waals surface area (Å²) in [5, 5.41) is 31.4. The van der Waals surface area contributed by atoms with E-state index in [2.05, 4.69) is 5.32 Å². The molecular formula is C22H22ClF2NO6S. The van der Waals surface area contributed by atoms with Gasteiger partial charge in [0, 0.05) is 17.3 Å². The molecule has 3 aliphatic rings. The van der Waals surface area contributed by atoms with E-state index in [1.54, 1.807) is 0 Å². The maximum absolute atomic E-state index is 13.4. The topological polar surface area (TPSA) is 124 Å². The summed E-state index contributed by atoms with van der Waals surface area (Å²) in [6, 6.07) is 6.53. The van der Waals surface area contributed by atoms with E-state index in [-0.39, 0.29) is 34.0 Å². The number of anilines is 1. The Kier molecular flexibility index (Phi) is 6.25. The highest BCUT2D eigenvalue weighted by atomic mass is 35.5. The molecule has 11 heteroatoms. The number of aliphatic hydroxyl groups is 3. The van der Waals surface area contributed by atoms with E-state index >= 15 is 0 Å². The van der Waals surface area contributed by atoms with Crippen LogP contribution in [0, 0.1) is 23.5 Å². The molecule has 1 amide bonds. The van der Waals surface area contributed by atoms with Gasteiger partial charge in [0.15, 0.2) is 21.5 Å². The zero-order valence-electron chi connectivity index (χ0n) is 17.2. The van der Waals surface area contributed by atoms with Gasteiger partial charge in [0.25, 0.3) is 5.91 Å². The monoisotopic (exact) mass is 501 g/mol. The minimum Gasteiger partial charge on any atom is -0.394 e. The molecule has 2 aromatic carbocycles. The van der Waals surface area contributed by atoms with Crippen molar-refractivity contribution < 1.29 is 37.3 Å². The van der Waals surface area contributed by atoms with Crippen molar-refractivity contribution in [2.75, 3.05) is 11.9 Å². The Morgan fingerprint density at radius 2 is 1.79 bits per heavy atom. The highest BCUT2D eigenvalue weighted by Gasteiger charge is 2.63. The summed E-state index contributed by atoms with van der Waals surface area (Å²) in [4.78, 5) is 12.3. The first-order valence-corrected chi connectivity index (χ1v) is 12.2. The Bertz CT molecular complexity index is 1200. The van der Waals surface area contributed by atoms with Crippen LogP contribution in [0.3, 0.4) is 0 Å². The van der Waals surface area contributed by atoms with Crippen LogP contribution in [0.5, 0.6) is 0 Å². The molecule has 178 valence electrons. The van der Waals surface area contributed by atoms with Gasteiger partial charge < -0.3 is 20.6 Å². The summed E-state index contributed by atoms with van der Waals surface area (Å²) in [6.07, 6.45) is -0.650. The van der Waals surface area contributed by atoms with Crippen LogP contribution < -0.4 is 5.32 Å². The van der Waals surface area contributed by atoms with Gasteiger partial charge in [0.1, 0.15) is 6.10 Å². The molecule has 0 spiro atoms. The second kappa shape index (κ2) is 8.59. The lowest BCUT2D eigenvalue weighted by molar-refractivity contribution is -0.237. The van der Waals surface area contributed by atoms with E-state index in [4.69, 9.17) is 11.6 Å². The predicted molar refractivity (Wildman–Crippen MR) is 116 cm³/mol. The number of carbonyl (C=O) groups excluding carboxylic acids is 1. The number of aliphatic hydroxyl groups excluding tert-OH is 2. The minimum atomic E-state index is -4.00. The van der Waals surface area contributed by atoms with Gasteiger partial charge in [-0.05, 0) is 61.4 Å². The van der Waals surface area contributed by atoms with Gasteiger partial charge in [-0.15, -0.1) is 0 Å². The first-order valence-electron chi connectivity index (χ1n) is 10.3. The number of hydrogen-bond donors (Lipinski definition) is 4. The van der Waals surface area contributed by atoms with Crippen molar-refractivity contribution in [1.29, 1.82) is 0 Å². The molecular weight excluding hydrogens is 480 g/mol. The summed E-state index contributed by atoms with van der Waals surface area (Å²) < 4.78 is 53.2. The zero-order valence-corrected chi connectivity index (χ0v) is 18.8. The Morgan fingerprint density at radius 1 is 1.12 bits per heavy atom. The van der Waals surface area contributed by atoms with Gasteiger partial charge in [0.05, 0.1) is 27.4 Å². The number of nitrogens with one attached hydrogen (secondary N) is 1. The quantitative estimate of drug-likeness (QED) is 0.482. The normalized spacial score (nSPS) is 27.5. The van der Waals surface area contributed by atoms with Crippen LogP contribution in [0.25, 0.3) is 0 Å². The molecule has 0 aromatic heterocycles. The smallest absolute Gasteiger partial charge is 0.255 e. The Balaban J connectivity index is 1.56. The lowest BCUT2D eigenvalue weighted by Gasteiger charge is -2.59. The lowest BCUT2D eigenvalue weighted by Crippen LogP contribution is -2.68. The predicted octanol–water partition coefficient (Wildman–Crippen LogP) is 2.53. The summed E-state index contributed by atoms with van der Waals surface area (Å²) in [5.74, 6) is -3.93. The average Bonchev–Trinajstić information content (AvgIpc) is 2.80. The van der Waals surface area contributed by atoms with Gasteiger partial charge in [-0.2, -0.15) is 0 Å². The molecule has 5 rings (SSSR count). The highest BCUT2D eigenvalue weighted by Crippen LogP contribution is 2.57. The number of sulfone groups is 1. The number of amides is 1. The van der Waals surface area contributed by atoms with Crippen LogP contribution in [0.1, 0.15) is 29.6 Å². The van der Waals surface area contributed by atoms with Crippen molar-refractivity contribution in [1.82, 2.24) is 0 Å². The summed E-state index contributed by atoms with van der Waals surface area (Å²) in [6.45, 7) is -0.623. The Labute approximate surface area is 193 Å². The van der Waals surface area contributed by atoms with Crippen LogP contribution in [0.15, 0.2) is 41.3 Å². The van der Waals surface area contributed by atoms with Crippen molar-refractivity contribution in [3.63, 3.8) is 0 Å². The third-order valence-electron chi connectivity index (χ3n) is 6.79. The number of hydrogen-bond acceptors (Lipinski definition) is 6. The maximum atomic E-state index is 13.4. The number of halogens is 3. The summed E-state index contributed by atoms with van der Waals surface area (Å²) >= 11 is 6.16. The molecule has 3 aliphatic carbocycles. The fourth-order valence-corrected chi connectivity index (χ4v) is 7.36. The van der Waals surface area contributed by atoms with Crippen LogP contribution in [-0.4, -0.2) is 53.2 Å². The van der Waals surface area contributed by atoms with Gasteiger partial charge >= 0.3 is 0 Å². The molecule has 0 aliphatic heterocycles. The summed E-state index contributed by atoms with van der Waals surface area (Å²) in [5.41, 5.74) is -1.57. The van der Waals surface area contributed by atoms with Crippen molar-refractivity contribution in [3.05, 3.63) is 58.6 Å². The molecule has 3 atom stereocenters. The molecule has 0 heterocycles. The van der Waals surface area contributed by atoms with E-state index in [1.807, 2.05) is 0 Å². The van der Waals surface area contributed by atoms with Crippen molar-refractivity contribution in [2.24, 2.45) is 11.8 Å². The van der Waals surface area contributed by atoms with Crippen molar-refractivity contribution in [2.45, 2.75) is 41.1 Å². The molecule has 3 fully saturated rings. The Hall–Kier alpha value is -2.11. The average molecular weight is 502 g/mol. The molecule has 7 nitrogen and oxygen atoms in total. The van der Waals surface area contributed by atoms with Crippen LogP contribution in [0.2, 0.25) is 5.02 Å². The van der Waals surface area contributed by atoms with E-state index in [0.29, 0.717) is 6.42 Å². The molecule has 4 N–H and O–H groups in total. The first kappa shape index (κ1) is 24.0. The highest BCUT2D eigenvalue weighted by molar-refractivity contribution is 7.92. The number of rotatable bonds is 6. The SMILES string of the molecule is O=C(Nc1ccc(F)c(F)c1)c1ccc(Cl)c(S(=O)(=O)[C@H]2CC3CC(C2)[C@]3(O)[C@H](O)CO)c1. The first-order chi connectivity index (χ1) is 15.5. The molecule has 0 radical (unpaired) electrons. The van der Waals surface area contributed by atoms with Gasteiger partial charge in [-0.3, -0.25) is 4.79 Å². The number of fused-ring (bicyclic) bond motifs is 2.